The van der Waals surface area contributed by atoms with E-state index in [4.69, 9.17) is 9.47 Å². The number of aryl methyl sites for hydroxylation is 1. The van der Waals surface area contributed by atoms with Gasteiger partial charge < -0.3 is 9.47 Å². The predicted molar refractivity (Wildman–Crippen MR) is 116 cm³/mol. The molecule has 29 heavy (non-hydrogen) atoms. The molecule has 0 spiro atoms. The number of benzene rings is 2. The fourth-order valence-electron chi connectivity index (χ4n) is 2.91. The van der Waals surface area contributed by atoms with Crippen molar-refractivity contribution in [1.29, 1.82) is 0 Å². The third-order valence-corrected chi connectivity index (χ3v) is 4.66. The molecule has 0 radical (unpaired) electrons. The lowest BCUT2D eigenvalue weighted by atomic mass is 9.86. The number of ether oxygens (including phenoxy) is 2. The molecule has 0 atom stereocenters. The number of amides is 1. The van der Waals surface area contributed by atoms with Gasteiger partial charge in [0, 0.05) is 7.05 Å². The number of rotatable bonds is 6. The second kappa shape index (κ2) is 9.59. The highest BCUT2D eigenvalue weighted by Crippen LogP contribution is 2.34. The average Bonchev–Trinajstić information content (AvgIpc) is 2.68. The maximum Gasteiger partial charge on any atom is 0.414 e. The molecule has 0 unspecified atom stereocenters. The molecule has 0 N–H and O–H groups in total. The Balaban J connectivity index is 2.34. The van der Waals surface area contributed by atoms with Crippen molar-refractivity contribution in [3.63, 3.8) is 0 Å². The fourth-order valence-corrected chi connectivity index (χ4v) is 2.91. The maximum atomic E-state index is 12.7. The van der Waals surface area contributed by atoms with Gasteiger partial charge in [-0.1, -0.05) is 52.3 Å². The largest absolute Gasteiger partial charge is 0.449 e. The lowest BCUT2D eigenvalue weighted by Crippen LogP contribution is -2.28. The summed E-state index contributed by atoms with van der Waals surface area (Å²) in [5.74, 6) is -0.147. The third-order valence-electron chi connectivity index (χ3n) is 4.66. The van der Waals surface area contributed by atoms with Crippen molar-refractivity contribution >= 4 is 17.7 Å². The van der Waals surface area contributed by atoms with Crippen molar-refractivity contribution in [3.8, 4) is 5.75 Å². The van der Waals surface area contributed by atoms with Gasteiger partial charge in [0.05, 0.1) is 17.9 Å². The van der Waals surface area contributed by atoms with E-state index in [1.807, 2.05) is 24.3 Å². The zero-order valence-corrected chi connectivity index (χ0v) is 18.2. The molecular formula is C24H31NO4. The summed E-state index contributed by atoms with van der Waals surface area (Å²) in [5.41, 5.74) is 3.04. The van der Waals surface area contributed by atoms with Crippen LogP contribution in [0, 0.1) is 0 Å². The summed E-state index contributed by atoms with van der Waals surface area (Å²) in [7, 11) is 1.61. The molecule has 0 aliphatic heterocycles. The van der Waals surface area contributed by atoms with Gasteiger partial charge in [-0.3, -0.25) is 4.90 Å². The summed E-state index contributed by atoms with van der Waals surface area (Å²) in [6.45, 7) is 10.4. The van der Waals surface area contributed by atoms with Crippen LogP contribution in [0.1, 0.15) is 62.5 Å². The van der Waals surface area contributed by atoms with E-state index >= 15 is 0 Å². The first-order chi connectivity index (χ1) is 13.7. The highest BCUT2D eigenvalue weighted by Gasteiger charge is 2.23. The van der Waals surface area contributed by atoms with Crippen molar-refractivity contribution in [2.75, 3.05) is 18.6 Å². The van der Waals surface area contributed by atoms with E-state index in [-0.39, 0.29) is 12.0 Å². The van der Waals surface area contributed by atoms with Gasteiger partial charge in [0.15, 0.2) is 5.75 Å². The second-order valence-corrected chi connectivity index (χ2v) is 8.03. The number of nitrogens with zero attached hydrogens (tertiary/aromatic N) is 1. The lowest BCUT2D eigenvalue weighted by Gasteiger charge is -2.24. The molecule has 5 nitrogen and oxygen atoms in total. The van der Waals surface area contributed by atoms with Gasteiger partial charge >= 0.3 is 12.1 Å². The second-order valence-electron chi connectivity index (χ2n) is 8.03. The van der Waals surface area contributed by atoms with Crippen LogP contribution < -0.4 is 9.64 Å². The quantitative estimate of drug-likeness (QED) is 0.460. The topological polar surface area (TPSA) is 55.8 Å². The molecule has 0 aliphatic carbocycles. The van der Waals surface area contributed by atoms with Crippen molar-refractivity contribution < 1.29 is 19.1 Å². The highest BCUT2D eigenvalue weighted by atomic mass is 16.6. The van der Waals surface area contributed by atoms with Gasteiger partial charge in [-0.15, -0.1) is 0 Å². The van der Waals surface area contributed by atoms with Crippen LogP contribution in [-0.4, -0.2) is 25.7 Å². The van der Waals surface area contributed by atoms with Crippen LogP contribution in [-0.2, 0) is 16.6 Å². The maximum absolute atomic E-state index is 12.7. The molecule has 0 saturated carbocycles. The zero-order valence-electron chi connectivity index (χ0n) is 18.2. The minimum atomic E-state index is -0.500. The molecule has 0 aliphatic rings. The molecule has 0 bridgehead atoms. The van der Waals surface area contributed by atoms with Crippen LogP contribution in [0.25, 0.3) is 0 Å². The Kier molecular flexibility index (Phi) is 7.43. The number of carbonyl (C=O) groups excluding carboxylic acids is 2. The monoisotopic (exact) mass is 397 g/mol. The van der Waals surface area contributed by atoms with Crippen molar-refractivity contribution in [2.45, 2.75) is 52.9 Å². The molecule has 5 heteroatoms. The van der Waals surface area contributed by atoms with Crippen molar-refractivity contribution in [2.24, 2.45) is 0 Å². The molecular weight excluding hydrogens is 366 g/mol. The van der Waals surface area contributed by atoms with Crippen molar-refractivity contribution in [3.05, 3.63) is 59.2 Å². The van der Waals surface area contributed by atoms with Crippen molar-refractivity contribution in [1.82, 2.24) is 0 Å². The van der Waals surface area contributed by atoms with Gasteiger partial charge in [-0.2, -0.15) is 0 Å². The molecule has 2 aromatic carbocycles. The summed E-state index contributed by atoms with van der Waals surface area (Å²) >= 11 is 0. The average molecular weight is 398 g/mol. The first kappa shape index (κ1) is 22.5. The molecule has 0 saturated heterocycles. The van der Waals surface area contributed by atoms with Gasteiger partial charge in [0.2, 0.25) is 0 Å². The predicted octanol–water partition coefficient (Wildman–Crippen LogP) is 5.75. The van der Waals surface area contributed by atoms with Crippen LogP contribution in [0.5, 0.6) is 5.75 Å². The minimum absolute atomic E-state index is 0.123. The first-order valence-corrected chi connectivity index (χ1v) is 10.0. The molecule has 0 fully saturated rings. The standard InChI is InChI=1S/C24H31NO4/c1-7-9-17-10-12-18(13-11-17)22(26)29-21-15-14-19(24(3,4)5)16-20(21)25(6)23(27)28-8-2/h10-16H,7-9H2,1-6H3. The van der Waals surface area contributed by atoms with Gasteiger partial charge in [-0.25, -0.2) is 9.59 Å². The Bertz CT molecular complexity index is 850. The SMILES string of the molecule is CCCc1ccc(C(=O)Oc2ccc(C(C)(C)C)cc2N(C)C(=O)OCC)cc1. The van der Waals surface area contributed by atoms with Crippen LogP contribution >= 0.6 is 0 Å². The molecule has 2 aromatic rings. The zero-order chi connectivity index (χ0) is 21.6. The van der Waals surface area contributed by atoms with E-state index < -0.39 is 12.1 Å². The van der Waals surface area contributed by atoms with Crippen LogP contribution in [0.3, 0.4) is 0 Å². The number of hydrogen-bond acceptors (Lipinski definition) is 4. The van der Waals surface area contributed by atoms with Crippen LogP contribution in [0.4, 0.5) is 10.5 Å². The number of hydrogen-bond donors (Lipinski definition) is 0. The smallest absolute Gasteiger partial charge is 0.414 e. The Morgan fingerprint density at radius 1 is 1.00 bits per heavy atom. The van der Waals surface area contributed by atoms with E-state index in [0.29, 0.717) is 17.0 Å². The normalized spacial score (nSPS) is 11.1. The summed E-state index contributed by atoms with van der Waals surface area (Å²) < 4.78 is 10.8. The summed E-state index contributed by atoms with van der Waals surface area (Å²) in [5, 5.41) is 0. The number of anilines is 1. The molecule has 2 rings (SSSR count). The Morgan fingerprint density at radius 2 is 1.66 bits per heavy atom. The third kappa shape index (κ3) is 5.83. The van der Waals surface area contributed by atoms with Gasteiger partial charge in [-0.05, 0) is 54.2 Å². The summed E-state index contributed by atoms with van der Waals surface area (Å²) in [6, 6.07) is 12.9. The molecule has 156 valence electrons. The van der Waals surface area contributed by atoms with Crippen LogP contribution in [0.2, 0.25) is 0 Å². The lowest BCUT2D eigenvalue weighted by molar-refractivity contribution is 0.0734. The van der Waals surface area contributed by atoms with E-state index in [1.54, 1.807) is 32.2 Å². The summed E-state index contributed by atoms with van der Waals surface area (Å²) in [6.07, 6.45) is 1.52. The van der Waals surface area contributed by atoms with Gasteiger partial charge in [0.25, 0.3) is 0 Å². The minimum Gasteiger partial charge on any atom is -0.449 e. The molecule has 0 heterocycles. The molecule has 1 amide bonds. The van der Waals surface area contributed by atoms with Gasteiger partial charge in [0.1, 0.15) is 0 Å². The highest BCUT2D eigenvalue weighted by molar-refractivity contribution is 5.94. The van der Waals surface area contributed by atoms with E-state index in [9.17, 15) is 9.59 Å². The van der Waals surface area contributed by atoms with E-state index in [0.717, 1.165) is 18.4 Å². The molecule has 0 aromatic heterocycles. The van der Waals surface area contributed by atoms with E-state index in [1.165, 1.54) is 10.5 Å². The number of esters is 1. The Labute approximate surface area is 173 Å². The first-order valence-electron chi connectivity index (χ1n) is 10.0. The Hall–Kier alpha value is -2.82. The fraction of sp³-hybridized carbons (Fsp3) is 0.417. The summed E-state index contributed by atoms with van der Waals surface area (Å²) in [4.78, 5) is 26.3. The number of carbonyl (C=O) groups is 2. The van der Waals surface area contributed by atoms with E-state index in [2.05, 4.69) is 27.7 Å². The van der Waals surface area contributed by atoms with Crippen LogP contribution in [0.15, 0.2) is 42.5 Å². The Morgan fingerprint density at radius 3 is 2.21 bits per heavy atom.